The van der Waals surface area contributed by atoms with Crippen molar-refractivity contribution in [2.75, 3.05) is 0 Å². The number of hydrogen-bond donors (Lipinski definition) is 1. The Morgan fingerprint density at radius 3 is 2.32 bits per heavy atom. The van der Waals surface area contributed by atoms with E-state index < -0.39 is 0 Å². The summed E-state index contributed by atoms with van der Waals surface area (Å²) in [6.45, 7) is 8.68. The Kier molecular flexibility index (Phi) is 4.51. The lowest BCUT2D eigenvalue weighted by molar-refractivity contribution is -0.0177. The molecule has 0 radical (unpaired) electrons. The lowest BCUT2D eigenvalue weighted by Gasteiger charge is -2.35. The summed E-state index contributed by atoms with van der Waals surface area (Å²) < 4.78 is 6.06. The third-order valence-corrected chi connectivity index (χ3v) is 4.22. The molecule has 1 aromatic rings. The van der Waals surface area contributed by atoms with E-state index in [0.717, 1.165) is 25.0 Å². The minimum atomic E-state index is -0.323. The normalized spacial score (nSPS) is 27.6. The van der Waals surface area contributed by atoms with Gasteiger partial charge in [-0.15, -0.1) is 0 Å². The molecule has 106 valence electrons. The number of rotatable bonds is 3. The highest BCUT2D eigenvalue weighted by atomic mass is 16.5. The van der Waals surface area contributed by atoms with E-state index in [9.17, 15) is 5.11 Å². The van der Waals surface area contributed by atoms with Gasteiger partial charge in [0.15, 0.2) is 0 Å². The van der Waals surface area contributed by atoms with Crippen LogP contribution in [0.5, 0.6) is 5.75 Å². The second-order valence-electron chi connectivity index (χ2n) is 6.36. The SMILES string of the molecule is Cc1cc(C)cc(OC2CC(C(C)C)CCC2O)c1. The van der Waals surface area contributed by atoms with E-state index in [1.165, 1.54) is 11.1 Å². The molecule has 3 unspecified atom stereocenters. The van der Waals surface area contributed by atoms with Crippen LogP contribution in [0.15, 0.2) is 18.2 Å². The molecule has 1 N–H and O–H groups in total. The van der Waals surface area contributed by atoms with Crippen LogP contribution in [-0.2, 0) is 0 Å². The van der Waals surface area contributed by atoms with E-state index in [0.29, 0.717) is 11.8 Å². The summed E-state index contributed by atoms with van der Waals surface area (Å²) in [5.41, 5.74) is 2.42. The highest BCUT2D eigenvalue weighted by Gasteiger charge is 2.32. The second kappa shape index (κ2) is 5.96. The van der Waals surface area contributed by atoms with Crippen molar-refractivity contribution in [1.82, 2.24) is 0 Å². The van der Waals surface area contributed by atoms with Crippen LogP contribution in [0.2, 0.25) is 0 Å². The molecular weight excluding hydrogens is 236 g/mol. The number of aliphatic hydroxyl groups is 1. The number of benzene rings is 1. The topological polar surface area (TPSA) is 29.5 Å². The molecule has 0 amide bonds. The minimum absolute atomic E-state index is 0.0534. The van der Waals surface area contributed by atoms with E-state index in [4.69, 9.17) is 4.74 Å². The van der Waals surface area contributed by atoms with Crippen molar-refractivity contribution < 1.29 is 9.84 Å². The first-order valence-electron chi connectivity index (χ1n) is 7.38. The molecule has 0 aromatic heterocycles. The summed E-state index contributed by atoms with van der Waals surface area (Å²) in [6, 6.07) is 6.25. The van der Waals surface area contributed by atoms with Gasteiger partial charge in [0.25, 0.3) is 0 Å². The van der Waals surface area contributed by atoms with Crippen molar-refractivity contribution in [2.24, 2.45) is 11.8 Å². The maximum absolute atomic E-state index is 10.1. The van der Waals surface area contributed by atoms with Crippen molar-refractivity contribution in [1.29, 1.82) is 0 Å². The van der Waals surface area contributed by atoms with Gasteiger partial charge in [-0.05, 0) is 68.2 Å². The third-order valence-electron chi connectivity index (χ3n) is 4.22. The van der Waals surface area contributed by atoms with Gasteiger partial charge in [-0.3, -0.25) is 0 Å². The Morgan fingerprint density at radius 1 is 1.11 bits per heavy atom. The summed E-state index contributed by atoms with van der Waals surface area (Å²) in [7, 11) is 0. The molecule has 1 aromatic carbocycles. The van der Waals surface area contributed by atoms with Crippen LogP contribution in [0.1, 0.15) is 44.2 Å². The van der Waals surface area contributed by atoms with Gasteiger partial charge in [-0.2, -0.15) is 0 Å². The number of hydrogen-bond acceptors (Lipinski definition) is 2. The lowest BCUT2D eigenvalue weighted by Crippen LogP contribution is -2.39. The Labute approximate surface area is 116 Å². The van der Waals surface area contributed by atoms with Gasteiger partial charge >= 0.3 is 0 Å². The molecule has 2 nitrogen and oxygen atoms in total. The van der Waals surface area contributed by atoms with Crippen LogP contribution in [0, 0.1) is 25.7 Å². The Bertz CT molecular complexity index is 405. The van der Waals surface area contributed by atoms with Crippen LogP contribution in [0.25, 0.3) is 0 Å². The molecule has 0 aliphatic heterocycles. The fourth-order valence-electron chi connectivity index (χ4n) is 3.05. The average molecular weight is 262 g/mol. The largest absolute Gasteiger partial charge is 0.488 e. The molecular formula is C17H26O2. The third kappa shape index (κ3) is 3.73. The predicted octanol–water partition coefficient (Wildman–Crippen LogP) is 3.87. The monoisotopic (exact) mass is 262 g/mol. The molecule has 0 saturated heterocycles. The molecule has 1 fully saturated rings. The van der Waals surface area contributed by atoms with Crippen molar-refractivity contribution in [3.63, 3.8) is 0 Å². The van der Waals surface area contributed by atoms with Gasteiger partial charge in [-0.1, -0.05) is 19.9 Å². The first-order chi connectivity index (χ1) is 8.95. The Morgan fingerprint density at radius 2 is 1.74 bits per heavy atom. The number of aliphatic hydroxyl groups excluding tert-OH is 1. The van der Waals surface area contributed by atoms with Crippen LogP contribution >= 0.6 is 0 Å². The summed E-state index contributed by atoms with van der Waals surface area (Å²) in [5, 5.41) is 10.1. The summed E-state index contributed by atoms with van der Waals surface area (Å²) >= 11 is 0. The van der Waals surface area contributed by atoms with E-state index in [-0.39, 0.29) is 12.2 Å². The number of aryl methyl sites for hydroxylation is 2. The molecule has 0 heterocycles. The fourth-order valence-corrected chi connectivity index (χ4v) is 3.05. The van der Waals surface area contributed by atoms with Crippen molar-refractivity contribution in [2.45, 2.75) is 59.2 Å². The van der Waals surface area contributed by atoms with E-state index >= 15 is 0 Å². The summed E-state index contributed by atoms with van der Waals surface area (Å²) in [6.07, 6.45) is 2.56. The molecule has 1 aliphatic carbocycles. The highest BCUT2D eigenvalue weighted by Crippen LogP contribution is 2.32. The Hall–Kier alpha value is -1.02. The molecule has 1 aliphatic rings. The van der Waals surface area contributed by atoms with Gasteiger partial charge in [0.05, 0.1) is 6.10 Å². The van der Waals surface area contributed by atoms with E-state index in [1.807, 2.05) is 0 Å². The molecule has 2 rings (SSSR count). The Balaban J connectivity index is 2.07. The molecule has 0 spiro atoms. The van der Waals surface area contributed by atoms with Crippen molar-refractivity contribution >= 4 is 0 Å². The average Bonchev–Trinajstić information content (AvgIpc) is 2.30. The number of ether oxygens (including phenoxy) is 1. The first-order valence-corrected chi connectivity index (χ1v) is 7.38. The van der Waals surface area contributed by atoms with Crippen LogP contribution in [-0.4, -0.2) is 17.3 Å². The maximum atomic E-state index is 10.1. The second-order valence-corrected chi connectivity index (χ2v) is 6.36. The standard InChI is InChI=1S/C17H26O2/c1-11(2)14-5-6-16(18)17(10-14)19-15-8-12(3)7-13(4)9-15/h7-9,11,14,16-18H,5-6,10H2,1-4H3. The minimum Gasteiger partial charge on any atom is -0.488 e. The van der Waals surface area contributed by atoms with Gasteiger partial charge in [-0.25, -0.2) is 0 Å². The van der Waals surface area contributed by atoms with Gasteiger partial charge in [0, 0.05) is 0 Å². The van der Waals surface area contributed by atoms with E-state index in [1.54, 1.807) is 0 Å². The molecule has 2 heteroatoms. The van der Waals surface area contributed by atoms with Crippen LogP contribution < -0.4 is 4.74 Å². The van der Waals surface area contributed by atoms with Crippen molar-refractivity contribution in [3.8, 4) is 5.75 Å². The molecule has 1 saturated carbocycles. The van der Waals surface area contributed by atoms with Gasteiger partial charge < -0.3 is 9.84 Å². The maximum Gasteiger partial charge on any atom is 0.125 e. The zero-order valence-corrected chi connectivity index (χ0v) is 12.5. The van der Waals surface area contributed by atoms with Crippen molar-refractivity contribution in [3.05, 3.63) is 29.3 Å². The van der Waals surface area contributed by atoms with Gasteiger partial charge in [0.2, 0.25) is 0 Å². The summed E-state index contributed by atoms with van der Waals surface area (Å²) in [5.74, 6) is 2.23. The lowest BCUT2D eigenvalue weighted by atomic mass is 9.79. The van der Waals surface area contributed by atoms with Crippen LogP contribution in [0.4, 0.5) is 0 Å². The van der Waals surface area contributed by atoms with Crippen LogP contribution in [0.3, 0.4) is 0 Å². The molecule has 19 heavy (non-hydrogen) atoms. The fraction of sp³-hybridized carbons (Fsp3) is 0.647. The molecule has 0 bridgehead atoms. The predicted molar refractivity (Wildman–Crippen MR) is 78.5 cm³/mol. The first kappa shape index (κ1) is 14.4. The summed E-state index contributed by atoms with van der Waals surface area (Å²) in [4.78, 5) is 0. The quantitative estimate of drug-likeness (QED) is 0.896. The van der Waals surface area contributed by atoms with Gasteiger partial charge in [0.1, 0.15) is 11.9 Å². The zero-order valence-electron chi connectivity index (χ0n) is 12.5. The highest BCUT2D eigenvalue weighted by molar-refractivity contribution is 5.33. The zero-order chi connectivity index (χ0) is 14.0. The van der Waals surface area contributed by atoms with E-state index in [2.05, 4.69) is 45.9 Å². The molecule has 3 atom stereocenters. The smallest absolute Gasteiger partial charge is 0.125 e.